The van der Waals surface area contributed by atoms with E-state index < -0.39 is 6.10 Å². The minimum Gasteiger partial charge on any atom is -0.479 e. The van der Waals surface area contributed by atoms with Crippen molar-refractivity contribution in [2.45, 2.75) is 26.1 Å². The summed E-state index contributed by atoms with van der Waals surface area (Å²) in [6, 6.07) is 5.84. The molecule has 2 unspecified atom stereocenters. The van der Waals surface area contributed by atoms with E-state index in [-0.39, 0.29) is 12.0 Å². The molecule has 1 aliphatic rings. The molecule has 1 heterocycles. The van der Waals surface area contributed by atoms with Gasteiger partial charge < -0.3 is 14.4 Å². The van der Waals surface area contributed by atoms with Crippen LogP contribution in [0.15, 0.2) is 18.2 Å². The van der Waals surface area contributed by atoms with Gasteiger partial charge in [-0.05, 0) is 54.6 Å². The fourth-order valence-corrected chi connectivity index (χ4v) is 2.37. The molecular weight excluding hydrogens is 345 g/mol. The maximum atomic E-state index is 12.2. The zero-order valence-electron chi connectivity index (χ0n) is 10.6. The van der Waals surface area contributed by atoms with E-state index in [2.05, 4.69) is 22.6 Å². The minimum atomic E-state index is -0.445. The summed E-state index contributed by atoms with van der Waals surface area (Å²) in [6.45, 7) is 4.26. The highest BCUT2D eigenvalue weighted by Crippen LogP contribution is 2.35. The van der Waals surface area contributed by atoms with Crippen LogP contribution in [0.2, 0.25) is 0 Å². The zero-order valence-corrected chi connectivity index (χ0v) is 12.8. The zero-order chi connectivity index (χ0) is 13.3. The van der Waals surface area contributed by atoms with Crippen LogP contribution in [-0.2, 0) is 9.53 Å². The summed E-state index contributed by atoms with van der Waals surface area (Å²) in [5.41, 5.74) is 0.822. The lowest BCUT2D eigenvalue weighted by Crippen LogP contribution is -2.47. The molecule has 0 radical (unpaired) electrons. The van der Waals surface area contributed by atoms with Gasteiger partial charge in [0.25, 0.3) is 5.91 Å². The quantitative estimate of drug-likeness (QED) is 0.777. The van der Waals surface area contributed by atoms with Crippen molar-refractivity contribution in [3.05, 3.63) is 21.8 Å². The molecule has 2 atom stereocenters. The lowest BCUT2D eigenvalue weighted by molar-refractivity contribution is -0.126. The second-order valence-electron chi connectivity index (χ2n) is 4.37. The van der Waals surface area contributed by atoms with Crippen LogP contribution in [0, 0.1) is 3.57 Å². The maximum absolute atomic E-state index is 12.2. The van der Waals surface area contributed by atoms with Crippen LogP contribution in [0.25, 0.3) is 0 Å². The third-order valence-electron chi connectivity index (χ3n) is 2.97. The van der Waals surface area contributed by atoms with Crippen molar-refractivity contribution in [2.24, 2.45) is 0 Å². The maximum Gasteiger partial charge on any atom is 0.267 e. The third kappa shape index (κ3) is 2.61. The molecule has 0 bridgehead atoms. The first kappa shape index (κ1) is 13.6. The van der Waals surface area contributed by atoms with Crippen molar-refractivity contribution in [3.8, 4) is 5.75 Å². The number of benzene rings is 1. The molecule has 1 aromatic carbocycles. The summed E-state index contributed by atoms with van der Waals surface area (Å²) >= 11 is 2.23. The molecule has 1 amide bonds. The molecule has 2 rings (SSSR count). The summed E-state index contributed by atoms with van der Waals surface area (Å²) in [6.07, 6.45) is -0.453. The van der Waals surface area contributed by atoms with Gasteiger partial charge in [-0.15, -0.1) is 0 Å². The van der Waals surface area contributed by atoms with Crippen LogP contribution in [-0.4, -0.2) is 31.8 Å². The highest BCUT2D eigenvalue weighted by Gasteiger charge is 2.32. The second kappa shape index (κ2) is 5.44. The number of methoxy groups -OCH3 is 1. The molecule has 5 heteroatoms. The molecule has 0 aliphatic carbocycles. The van der Waals surface area contributed by atoms with Gasteiger partial charge in [0, 0.05) is 10.7 Å². The lowest BCUT2D eigenvalue weighted by atomic mass is 10.1. The Bertz CT molecular complexity index is 464. The molecule has 98 valence electrons. The molecular formula is C13H16INO3. The molecule has 0 fully saturated rings. The number of ether oxygens (including phenoxy) is 2. The van der Waals surface area contributed by atoms with Gasteiger partial charge in [0.15, 0.2) is 6.10 Å². The molecule has 0 spiro atoms. The van der Waals surface area contributed by atoms with E-state index in [1.165, 1.54) is 0 Å². The summed E-state index contributed by atoms with van der Waals surface area (Å²) < 4.78 is 12.0. The average Bonchev–Trinajstić information content (AvgIpc) is 2.34. The molecule has 0 saturated carbocycles. The normalized spacial score (nSPS) is 20.3. The van der Waals surface area contributed by atoms with Crippen LogP contribution in [0.5, 0.6) is 5.75 Å². The molecule has 4 nitrogen and oxygen atoms in total. The number of amides is 1. The molecule has 0 N–H and O–H groups in total. The van der Waals surface area contributed by atoms with Gasteiger partial charge in [-0.3, -0.25) is 4.79 Å². The van der Waals surface area contributed by atoms with Crippen molar-refractivity contribution in [3.63, 3.8) is 0 Å². The monoisotopic (exact) mass is 361 g/mol. The number of halogens is 1. The summed E-state index contributed by atoms with van der Waals surface area (Å²) in [7, 11) is 1.65. The topological polar surface area (TPSA) is 38.8 Å². The number of nitrogens with zero attached hydrogens (tertiary/aromatic N) is 1. The van der Waals surface area contributed by atoms with E-state index in [1.807, 2.05) is 25.1 Å². The number of carbonyl (C=O) groups excluding carboxylic acids is 1. The van der Waals surface area contributed by atoms with Crippen LogP contribution in [0.4, 0.5) is 5.69 Å². The van der Waals surface area contributed by atoms with Gasteiger partial charge in [-0.25, -0.2) is 0 Å². The van der Waals surface area contributed by atoms with Crippen LogP contribution in [0.3, 0.4) is 0 Å². The highest BCUT2D eigenvalue weighted by atomic mass is 127. The number of fused-ring (bicyclic) bond motifs is 1. The number of carbonyl (C=O) groups is 1. The summed E-state index contributed by atoms with van der Waals surface area (Å²) in [5.74, 6) is 0.741. The Hall–Kier alpha value is -0.820. The number of hydrogen-bond acceptors (Lipinski definition) is 3. The summed E-state index contributed by atoms with van der Waals surface area (Å²) in [4.78, 5) is 13.9. The van der Waals surface area contributed by atoms with Crippen molar-refractivity contribution in [2.75, 3.05) is 18.6 Å². The molecule has 0 saturated heterocycles. The van der Waals surface area contributed by atoms with Crippen molar-refractivity contribution in [1.29, 1.82) is 0 Å². The first-order chi connectivity index (χ1) is 8.52. The lowest BCUT2D eigenvalue weighted by Gasteiger charge is -2.34. The van der Waals surface area contributed by atoms with E-state index in [1.54, 1.807) is 18.9 Å². The first-order valence-corrected chi connectivity index (χ1v) is 6.91. The van der Waals surface area contributed by atoms with E-state index in [0.717, 1.165) is 15.0 Å². The Labute approximate surface area is 120 Å². The van der Waals surface area contributed by atoms with Crippen LogP contribution < -0.4 is 9.64 Å². The van der Waals surface area contributed by atoms with Gasteiger partial charge in [-0.1, -0.05) is 0 Å². The SMILES string of the molecule is COC(C)CN1C(=O)C(C)Oc2cc(I)ccc21. The van der Waals surface area contributed by atoms with E-state index >= 15 is 0 Å². The van der Waals surface area contributed by atoms with Crippen molar-refractivity contribution >= 4 is 34.2 Å². The molecule has 18 heavy (non-hydrogen) atoms. The molecule has 1 aliphatic heterocycles. The van der Waals surface area contributed by atoms with Gasteiger partial charge in [0.2, 0.25) is 0 Å². The number of hydrogen-bond donors (Lipinski definition) is 0. The van der Waals surface area contributed by atoms with Gasteiger partial charge >= 0.3 is 0 Å². The highest BCUT2D eigenvalue weighted by molar-refractivity contribution is 14.1. The Morgan fingerprint density at radius 2 is 2.28 bits per heavy atom. The van der Waals surface area contributed by atoms with E-state index in [9.17, 15) is 4.79 Å². The number of anilines is 1. The largest absolute Gasteiger partial charge is 0.479 e. The minimum absolute atomic E-state index is 0.00798. The fraction of sp³-hybridized carbons (Fsp3) is 0.462. The molecule has 1 aromatic rings. The smallest absolute Gasteiger partial charge is 0.267 e. The summed E-state index contributed by atoms with van der Waals surface area (Å²) in [5, 5.41) is 0. The van der Waals surface area contributed by atoms with E-state index in [4.69, 9.17) is 9.47 Å². The fourth-order valence-electron chi connectivity index (χ4n) is 1.90. The predicted octanol–water partition coefficient (Wildman–Crippen LogP) is 2.44. The second-order valence-corrected chi connectivity index (χ2v) is 5.61. The van der Waals surface area contributed by atoms with Crippen LogP contribution >= 0.6 is 22.6 Å². The Balaban J connectivity index is 2.36. The average molecular weight is 361 g/mol. The first-order valence-electron chi connectivity index (χ1n) is 5.83. The third-order valence-corrected chi connectivity index (χ3v) is 3.64. The van der Waals surface area contributed by atoms with Gasteiger partial charge in [0.05, 0.1) is 18.3 Å². The van der Waals surface area contributed by atoms with E-state index in [0.29, 0.717) is 6.54 Å². The van der Waals surface area contributed by atoms with Gasteiger partial charge in [0.1, 0.15) is 5.75 Å². The van der Waals surface area contributed by atoms with Gasteiger partial charge in [-0.2, -0.15) is 0 Å². The molecule has 0 aromatic heterocycles. The Kier molecular flexibility index (Phi) is 4.11. The van der Waals surface area contributed by atoms with Crippen LogP contribution in [0.1, 0.15) is 13.8 Å². The number of rotatable bonds is 3. The Morgan fingerprint density at radius 1 is 1.56 bits per heavy atom. The standard InChI is InChI=1S/C13H16INO3/c1-8(17-3)7-15-11-5-4-10(14)6-12(11)18-9(2)13(15)16/h4-6,8-9H,7H2,1-3H3. The predicted molar refractivity (Wildman–Crippen MR) is 78.1 cm³/mol. The van der Waals surface area contributed by atoms with Crippen molar-refractivity contribution in [1.82, 2.24) is 0 Å². The Morgan fingerprint density at radius 3 is 2.94 bits per heavy atom. The van der Waals surface area contributed by atoms with Crippen molar-refractivity contribution < 1.29 is 14.3 Å².